The van der Waals surface area contributed by atoms with Gasteiger partial charge < -0.3 is 10.6 Å². The number of allylic oxidation sites excluding steroid dienone is 2. The molecule has 0 saturated carbocycles. The van der Waals surface area contributed by atoms with Crippen molar-refractivity contribution in [1.82, 2.24) is 15.5 Å². The number of nitrogens with one attached hydrogen (secondary N) is 2. The van der Waals surface area contributed by atoms with Crippen LogP contribution in [0.1, 0.15) is 32.3 Å². The molecule has 1 saturated heterocycles. The lowest BCUT2D eigenvalue weighted by Gasteiger charge is -2.50. The molecule has 2 unspecified atom stereocenters. The number of nitrogens with zero attached hydrogens (tertiary/aromatic N) is 2. The van der Waals surface area contributed by atoms with Gasteiger partial charge in [-0.05, 0) is 29.9 Å². The van der Waals surface area contributed by atoms with Gasteiger partial charge in [0.1, 0.15) is 6.54 Å². The van der Waals surface area contributed by atoms with Crippen molar-refractivity contribution in [2.45, 2.75) is 32.2 Å². The number of rotatable bonds is 7. The maximum absolute atomic E-state index is 13.3. The molecule has 2 N–H and O–H groups in total. The quantitative estimate of drug-likeness (QED) is 0.700. The SMILES string of the molecule is CC(C)CC(C(=O)NCC#N)C1(N2CCNCC2)C=CC=C(c2ccccc2)C1. The fourth-order valence-electron chi connectivity index (χ4n) is 4.62. The van der Waals surface area contributed by atoms with Crippen LogP contribution in [0.25, 0.3) is 5.57 Å². The molecule has 1 heterocycles. The van der Waals surface area contributed by atoms with E-state index in [0.29, 0.717) is 5.92 Å². The zero-order valence-electron chi connectivity index (χ0n) is 17.5. The summed E-state index contributed by atoms with van der Waals surface area (Å²) in [6.45, 7) is 8.05. The molecule has 0 aromatic heterocycles. The third-order valence-electron chi connectivity index (χ3n) is 5.97. The molecule has 29 heavy (non-hydrogen) atoms. The second-order valence-corrected chi connectivity index (χ2v) is 8.38. The monoisotopic (exact) mass is 392 g/mol. The zero-order valence-corrected chi connectivity index (χ0v) is 17.5. The highest BCUT2D eigenvalue weighted by Crippen LogP contribution is 2.42. The molecule has 5 nitrogen and oxygen atoms in total. The van der Waals surface area contributed by atoms with Crippen LogP contribution < -0.4 is 10.6 Å². The van der Waals surface area contributed by atoms with Crippen LogP contribution in [0, 0.1) is 23.2 Å². The molecule has 0 spiro atoms. The van der Waals surface area contributed by atoms with Crippen molar-refractivity contribution in [2.75, 3.05) is 32.7 Å². The van der Waals surface area contributed by atoms with Gasteiger partial charge in [-0.25, -0.2) is 0 Å². The van der Waals surface area contributed by atoms with Gasteiger partial charge in [0.15, 0.2) is 0 Å². The molecular weight excluding hydrogens is 360 g/mol. The van der Waals surface area contributed by atoms with E-state index in [1.807, 2.05) is 6.07 Å². The van der Waals surface area contributed by atoms with E-state index in [1.165, 1.54) is 11.1 Å². The molecule has 0 bridgehead atoms. The molecule has 2 aliphatic rings. The van der Waals surface area contributed by atoms with Crippen molar-refractivity contribution in [3.8, 4) is 6.07 Å². The Kier molecular flexibility index (Phi) is 7.24. The lowest BCUT2D eigenvalue weighted by atomic mass is 9.70. The number of nitriles is 1. The third kappa shape index (κ3) is 4.95. The summed E-state index contributed by atoms with van der Waals surface area (Å²) in [5.41, 5.74) is 2.08. The predicted octanol–water partition coefficient (Wildman–Crippen LogP) is 2.98. The minimum absolute atomic E-state index is 0.0160. The van der Waals surface area contributed by atoms with Gasteiger partial charge >= 0.3 is 0 Å². The number of hydrogen-bond donors (Lipinski definition) is 2. The second-order valence-electron chi connectivity index (χ2n) is 8.38. The summed E-state index contributed by atoms with van der Waals surface area (Å²) in [6.07, 6.45) is 8.12. The van der Waals surface area contributed by atoms with E-state index in [0.717, 1.165) is 39.0 Å². The second kappa shape index (κ2) is 9.87. The van der Waals surface area contributed by atoms with Crippen molar-refractivity contribution in [2.24, 2.45) is 11.8 Å². The Labute approximate surface area is 174 Å². The fraction of sp³-hybridized carbons (Fsp3) is 0.500. The maximum atomic E-state index is 13.3. The smallest absolute Gasteiger partial charge is 0.226 e. The number of hydrogen-bond acceptors (Lipinski definition) is 4. The molecular formula is C24H32N4O. The van der Waals surface area contributed by atoms with E-state index in [1.54, 1.807) is 0 Å². The first-order chi connectivity index (χ1) is 14.1. The normalized spacial score (nSPS) is 23.3. The summed E-state index contributed by atoms with van der Waals surface area (Å²) in [5, 5.41) is 15.3. The molecule has 5 heteroatoms. The highest BCUT2D eigenvalue weighted by Gasteiger charge is 2.47. The standard InChI is InChI=1S/C24H32N4O/c1-19(2)17-22(23(29)27-12-11-25)24(28-15-13-26-14-16-28)10-6-9-21(18-24)20-7-4-3-5-8-20/h3-10,19,22,26H,12-18H2,1-2H3,(H,27,29). The van der Waals surface area contributed by atoms with Crippen molar-refractivity contribution >= 4 is 11.5 Å². The Morgan fingerprint density at radius 2 is 2.00 bits per heavy atom. The Hall–Kier alpha value is -2.42. The van der Waals surface area contributed by atoms with Gasteiger partial charge in [-0.15, -0.1) is 0 Å². The number of benzene rings is 1. The predicted molar refractivity (Wildman–Crippen MR) is 117 cm³/mol. The van der Waals surface area contributed by atoms with Crippen LogP contribution in [0.5, 0.6) is 0 Å². The van der Waals surface area contributed by atoms with Gasteiger partial charge in [-0.3, -0.25) is 9.69 Å². The minimum atomic E-state index is -0.383. The summed E-state index contributed by atoms with van der Waals surface area (Å²) in [6, 6.07) is 12.5. The Morgan fingerprint density at radius 1 is 1.28 bits per heavy atom. The topological polar surface area (TPSA) is 68.2 Å². The number of carbonyl (C=O) groups excluding carboxylic acids is 1. The number of amides is 1. The van der Waals surface area contributed by atoms with Crippen LogP contribution >= 0.6 is 0 Å². The summed E-state index contributed by atoms with van der Waals surface area (Å²) in [4.78, 5) is 15.8. The average molecular weight is 393 g/mol. The first kappa shape index (κ1) is 21.3. The van der Waals surface area contributed by atoms with Crippen LogP contribution in [0.4, 0.5) is 0 Å². The summed E-state index contributed by atoms with van der Waals surface area (Å²) in [7, 11) is 0. The molecule has 1 aromatic carbocycles. The van der Waals surface area contributed by atoms with E-state index in [9.17, 15) is 4.79 Å². The highest BCUT2D eigenvalue weighted by molar-refractivity contribution is 5.82. The van der Waals surface area contributed by atoms with Crippen LogP contribution in [0.2, 0.25) is 0 Å². The van der Waals surface area contributed by atoms with E-state index >= 15 is 0 Å². The highest BCUT2D eigenvalue weighted by atomic mass is 16.2. The van der Waals surface area contributed by atoms with Gasteiger partial charge in [-0.1, -0.05) is 62.4 Å². The summed E-state index contributed by atoms with van der Waals surface area (Å²) < 4.78 is 0. The minimum Gasteiger partial charge on any atom is -0.343 e. The molecule has 1 fully saturated rings. The molecule has 2 atom stereocenters. The van der Waals surface area contributed by atoms with Crippen LogP contribution in [-0.4, -0.2) is 49.1 Å². The van der Waals surface area contributed by atoms with Gasteiger partial charge in [0, 0.05) is 26.2 Å². The van der Waals surface area contributed by atoms with E-state index < -0.39 is 0 Å². The maximum Gasteiger partial charge on any atom is 0.226 e. The molecule has 3 rings (SSSR count). The summed E-state index contributed by atoms with van der Waals surface area (Å²) in [5.74, 6) is 0.155. The van der Waals surface area contributed by atoms with Crippen LogP contribution in [0.3, 0.4) is 0 Å². The Balaban J connectivity index is 2.00. The van der Waals surface area contributed by atoms with Crippen molar-refractivity contribution in [3.63, 3.8) is 0 Å². The number of piperazine rings is 1. The number of carbonyl (C=O) groups is 1. The molecule has 1 amide bonds. The first-order valence-corrected chi connectivity index (χ1v) is 10.6. The fourth-order valence-corrected chi connectivity index (χ4v) is 4.62. The van der Waals surface area contributed by atoms with E-state index in [2.05, 4.69) is 77.9 Å². The van der Waals surface area contributed by atoms with Gasteiger partial charge in [0.25, 0.3) is 0 Å². The lowest BCUT2D eigenvalue weighted by Crippen LogP contribution is -2.62. The van der Waals surface area contributed by atoms with Gasteiger partial charge in [-0.2, -0.15) is 5.26 Å². The first-order valence-electron chi connectivity index (χ1n) is 10.6. The molecule has 1 aromatic rings. The van der Waals surface area contributed by atoms with Gasteiger partial charge in [0.05, 0.1) is 17.5 Å². The molecule has 1 aliphatic heterocycles. The van der Waals surface area contributed by atoms with Crippen molar-refractivity contribution < 1.29 is 4.79 Å². The Bertz CT molecular complexity index is 787. The van der Waals surface area contributed by atoms with Gasteiger partial charge in [0.2, 0.25) is 5.91 Å². The third-order valence-corrected chi connectivity index (χ3v) is 5.97. The average Bonchev–Trinajstić information content (AvgIpc) is 2.77. The van der Waals surface area contributed by atoms with E-state index in [4.69, 9.17) is 5.26 Å². The summed E-state index contributed by atoms with van der Waals surface area (Å²) >= 11 is 0. The van der Waals surface area contributed by atoms with Crippen molar-refractivity contribution in [1.29, 1.82) is 5.26 Å². The Morgan fingerprint density at radius 3 is 2.66 bits per heavy atom. The van der Waals surface area contributed by atoms with Crippen LogP contribution in [-0.2, 0) is 4.79 Å². The largest absolute Gasteiger partial charge is 0.343 e. The van der Waals surface area contributed by atoms with E-state index in [-0.39, 0.29) is 23.9 Å². The lowest BCUT2D eigenvalue weighted by molar-refractivity contribution is -0.130. The van der Waals surface area contributed by atoms with Crippen LogP contribution in [0.15, 0.2) is 48.6 Å². The zero-order chi connectivity index (χ0) is 20.7. The molecule has 0 radical (unpaired) electrons. The van der Waals surface area contributed by atoms with Crippen molar-refractivity contribution in [3.05, 3.63) is 54.1 Å². The molecule has 1 aliphatic carbocycles. The molecule has 154 valence electrons.